The number of hydrogen-bond acceptors (Lipinski definition) is 5. The Bertz CT molecular complexity index is 616. The third-order valence-electron chi connectivity index (χ3n) is 2.57. The number of aromatic nitrogens is 1. The van der Waals surface area contributed by atoms with Crippen molar-refractivity contribution in [1.82, 2.24) is 4.98 Å². The van der Waals surface area contributed by atoms with Crippen LogP contribution >= 0.6 is 15.9 Å². The van der Waals surface area contributed by atoms with Gasteiger partial charge in [-0.25, -0.2) is 0 Å². The minimum atomic E-state index is -0.538. The summed E-state index contributed by atoms with van der Waals surface area (Å²) >= 11 is 3.27. The van der Waals surface area contributed by atoms with Crippen LogP contribution < -0.4 is 4.74 Å². The highest BCUT2D eigenvalue weighted by Crippen LogP contribution is 2.28. The number of rotatable bonds is 5. The molecule has 1 aromatic heterocycles. The Kier molecular flexibility index (Phi) is 4.65. The van der Waals surface area contributed by atoms with Gasteiger partial charge in [0.15, 0.2) is 5.75 Å². The largest absolute Gasteiger partial charge is 0.480 e. The van der Waals surface area contributed by atoms with Crippen LogP contribution in [0.5, 0.6) is 5.75 Å². The van der Waals surface area contributed by atoms with Gasteiger partial charge in [-0.15, -0.1) is 0 Å². The lowest BCUT2D eigenvalue weighted by Crippen LogP contribution is -2.01. The van der Waals surface area contributed by atoms with E-state index < -0.39 is 4.92 Å². The molecule has 0 atom stereocenters. The summed E-state index contributed by atoms with van der Waals surface area (Å²) in [5.41, 5.74) is 0.952. The zero-order chi connectivity index (χ0) is 14.5. The summed E-state index contributed by atoms with van der Waals surface area (Å²) in [4.78, 5) is 14.5. The molecule has 2 aromatic rings. The standard InChI is InChI=1S/C13H11BrN2O4/c14-10-2-3-11(15-6-10)8-20-13-4-1-9(7-17)5-12(13)16(18)19/h1-6,17H,7-8H2. The van der Waals surface area contributed by atoms with Crippen molar-refractivity contribution in [2.24, 2.45) is 0 Å². The van der Waals surface area contributed by atoms with Crippen molar-refractivity contribution in [1.29, 1.82) is 0 Å². The van der Waals surface area contributed by atoms with E-state index in [-0.39, 0.29) is 24.7 Å². The van der Waals surface area contributed by atoms with Gasteiger partial charge < -0.3 is 9.84 Å². The van der Waals surface area contributed by atoms with Gasteiger partial charge in [0, 0.05) is 16.7 Å². The fraction of sp³-hybridized carbons (Fsp3) is 0.154. The van der Waals surface area contributed by atoms with Crippen molar-refractivity contribution in [3.63, 3.8) is 0 Å². The third-order valence-corrected chi connectivity index (χ3v) is 3.04. The van der Waals surface area contributed by atoms with E-state index in [9.17, 15) is 10.1 Å². The van der Waals surface area contributed by atoms with Crippen LogP contribution in [0, 0.1) is 10.1 Å². The predicted molar refractivity (Wildman–Crippen MR) is 75.3 cm³/mol. The quantitative estimate of drug-likeness (QED) is 0.669. The molecule has 0 saturated heterocycles. The number of aliphatic hydroxyl groups excluding tert-OH is 1. The number of nitro groups is 1. The van der Waals surface area contributed by atoms with Crippen LogP contribution in [-0.2, 0) is 13.2 Å². The second-order valence-electron chi connectivity index (χ2n) is 3.97. The van der Waals surface area contributed by atoms with Crippen molar-refractivity contribution in [3.8, 4) is 5.75 Å². The first-order valence-corrected chi connectivity index (χ1v) is 6.51. The number of aliphatic hydroxyl groups is 1. The van der Waals surface area contributed by atoms with E-state index in [1.807, 2.05) is 6.07 Å². The van der Waals surface area contributed by atoms with Gasteiger partial charge in [0.2, 0.25) is 0 Å². The smallest absolute Gasteiger partial charge is 0.311 e. The number of nitro benzene ring substituents is 1. The van der Waals surface area contributed by atoms with Crippen LogP contribution in [0.25, 0.3) is 0 Å². The molecule has 1 aromatic carbocycles. The summed E-state index contributed by atoms with van der Waals surface area (Å²) in [6.07, 6.45) is 1.63. The topological polar surface area (TPSA) is 85.5 Å². The van der Waals surface area contributed by atoms with E-state index in [0.29, 0.717) is 11.3 Å². The zero-order valence-corrected chi connectivity index (χ0v) is 11.9. The van der Waals surface area contributed by atoms with Gasteiger partial charge in [0.05, 0.1) is 17.2 Å². The van der Waals surface area contributed by atoms with E-state index in [0.717, 1.165) is 4.47 Å². The third kappa shape index (κ3) is 3.52. The van der Waals surface area contributed by atoms with Crippen LogP contribution in [0.15, 0.2) is 41.0 Å². The second kappa shape index (κ2) is 6.44. The van der Waals surface area contributed by atoms with Crippen molar-refractivity contribution in [3.05, 3.63) is 62.4 Å². The molecule has 0 radical (unpaired) electrons. The minimum absolute atomic E-state index is 0.132. The first-order valence-electron chi connectivity index (χ1n) is 5.71. The Hall–Kier alpha value is -1.99. The highest BCUT2D eigenvalue weighted by atomic mass is 79.9. The second-order valence-corrected chi connectivity index (χ2v) is 4.89. The van der Waals surface area contributed by atoms with Crippen LogP contribution in [0.2, 0.25) is 0 Å². The van der Waals surface area contributed by atoms with Crippen LogP contribution in [0.4, 0.5) is 5.69 Å². The molecule has 0 amide bonds. The lowest BCUT2D eigenvalue weighted by Gasteiger charge is -2.07. The Labute approximate surface area is 123 Å². The molecule has 1 heterocycles. The number of ether oxygens (including phenoxy) is 1. The molecule has 0 fully saturated rings. The van der Waals surface area contributed by atoms with Crippen molar-refractivity contribution in [2.75, 3.05) is 0 Å². The average Bonchev–Trinajstić information content (AvgIpc) is 2.46. The molecule has 1 N–H and O–H groups in total. The van der Waals surface area contributed by atoms with Gasteiger partial charge >= 0.3 is 5.69 Å². The van der Waals surface area contributed by atoms with Crippen molar-refractivity contribution in [2.45, 2.75) is 13.2 Å². The lowest BCUT2D eigenvalue weighted by atomic mass is 10.2. The maximum atomic E-state index is 11.0. The molecular formula is C13H11BrN2O4. The van der Waals surface area contributed by atoms with E-state index in [4.69, 9.17) is 9.84 Å². The Balaban J connectivity index is 2.16. The first-order chi connectivity index (χ1) is 9.60. The maximum Gasteiger partial charge on any atom is 0.311 e. The Morgan fingerprint density at radius 3 is 2.75 bits per heavy atom. The predicted octanol–water partition coefficient (Wildman–Crippen LogP) is 2.82. The molecule has 0 unspecified atom stereocenters. The molecule has 0 spiro atoms. The monoisotopic (exact) mass is 338 g/mol. The van der Waals surface area contributed by atoms with Gasteiger partial charge in [0.25, 0.3) is 0 Å². The minimum Gasteiger partial charge on any atom is -0.480 e. The maximum absolute atomic E-state index is 11.0. The number of nitrogens with zero attached hydrogens (tertiary/aromatic N) is 2. The molecule has 0 aliphatic heterocycles. The van der Waals surface area contributed by atoms with Gasteiger partial charge in [0.1, 0.15) is 6.61 Å². The highest BCUT2D eigenvalue weighted by Gasteiger charge is 2.16. The van der Waals surface area contributed by atoms with Gasteiger partial charge in [-0.1, -0.05) is 6.07 Å². The summed E-state index contributed by atoms with van der Waals surface area (Å²) in [5.74, 6) is 0.150. The molecule has 0 saturated carbocycles. The molecule has 7 heteroatoms. The van der Waals surface area contributed by atoms with Gasteiger partial charge in [-0.2, -0.15) is 0 Å². The molecule has 0 aliphatic carbocycles. The molecule has 104 valence electrons. The number of pyridine rings is 1. The van der Waals surface area contributed by atoms with E-state index in [1.54, 1.807) is 18.3 Å². The van der Waals surface area contributed by atoms with Crippen LogP contribution in [-0.4, -0.2) is 15.0 Å². The molecule has 6 nitrogen and oxygen atoms in total. The number of hydrogen-bond donors (Lipinski definition) is 1. The SMILES string of the molecule is O=[N+]([O-])c1cc(CO)ccc1OCc1ccc(Br)cn1. The summed E-state index contributed by atoms with van der Waals surface area (Å²) in [7, 11) is 0. The highest BCUT2D eigenvalue weighted by molar-refractivity contribution is 9.10. The van der Waals surface area contributed by atoms with E-state index in [2.05, 4.69) is 20.9 Å². The molecule has 2 rings (SSSR count). The summed E-state index contributed by atoms with van der Waals surface area (Å²) in [6.45, 7) is -0.123. The Morgan fingerprint density at radius 1 is 1.35 bits per heavy atom. The van der Waals surface area contributed by atoms with Crippen LogP contribution in [0.1, 0.15) is 11.3 Å². The molecule has 0 bridgehead atoms. The molecule has 0 aliphatic rings. The normalized spacial score (nSPS) is 10.3. The summed E-state index contributed by atoms with van der Waals surface area (Å²) < 4.78 is 6.27. The van der Waals surface area contributed by atoms with Gasteiger partial charge in [-0.05, 0) is 39.7 Å². The van der Waals surface area contributed by atoms with Crippen LogP contribution in [0.3, 0.4) is 0 Å². The summed E-state index contributed by atoms with van der Waals surface area (Å²) in [6, 6.07) is 7.93. The molecule has 20 heavy (non-hydrogen) atoms. The van der Waals surface area contributed by atoms with Gasteiger partial charge in [-0.3, -0.25) is 15.1 Å². The van der Waals surface area contributed by atoms with Crippen molar-refractivity contribution < 1.29 is 14.8 Å². The number of benzene rings is 1. The van der Waals surface area contributed by atoms with E-state index in [1.165, 1.54) is 12.1 Å². The number of halogens is 1. The zero-order valence-electron chi connectivity index (χ0n) is 10.3. The lowest BCUT2D eigenvalue weighted by molar-refractivity contribution is -0.386. The molecular weight excluding hydrogens is 328 g/mol. The van der Waals surface area contributed by atoms with Crippen molar-refractivity contribution >= 4 is 21.6 Å². The fourth-order valence-electron chi connectivity index (χ4n) is 1.57. The van der Waals surface area contributed by atoms with E-state index >= 15 is 0 Å². The average molecular weight is 339 g/mol. The summed E-state index contributed by atoms with van der Waals surface area (Å²) in [5, 5.41) is 20.0. The first kappa shape index (κ1) is 14.4. The fourth-order valence-corrected chi connectivity index (χ4v) is 1.80. The Morgan fingerprint density at radius 2 is 2.15 bits per heavy atom.